The van der Waals surface area contributed by atoms with E-state index in [0.717, 1.165) is 21.9 Å². The van der Waals surface area contributed by atoms with Crippen LogP contribution in [0.5, 0.6) is 0 Å². The van der Waals surface area contributed by atoms with Gasteiger partial charge in [-0.05, 0) is 55.5 Å². The standard InChI is InChI=1S/C22H23ClN2O3/c1-22(2,3)28-21(26)25-19-9-8-16(17-6-4-5-7-18(17)19)14-27-13-15-10-11-24-20(23)12-15/h4-12H,13-14H2,1-3H3,(H,25,26). The van der Waals surface area contributed by atoms with E-state index in [-0.39, 0.29) is 0 Å². The van der Waals surface area contributed by atoms with Gasteiger partial charge in [-0.1, -0.05) is 41.9 Å². The Hall–Kier alpha value is -2.63. The molecule has 0 radical (unpaired) electrons. The molecule has 0 saturated carbocycles. The zero-order valence-electron chi connectivity index (χ0n) is 16.2. The van der Waals surface area contributed by atoms with Crippen molar-refractivity contribution in [3.63, 3.8) is 0 Å². The summed E-state index contributed by atoms with van der Waals surface area (Å²) in [4.78, 5) is 16.1. The van der Waals surface area contributed by atoms with Gasteiger partial charge in [-0.25, -0.2) is 9.78 Å². The Morgan fingerprint density at radius 2 is 1.82 bits per heavy atom. The van der Waals surface area contributed by atoms with Crippen LogP contribution in [0.25, 0.3) is 10.8 Å². The maximum Gasteiger partial charge on any atom is 0.412 e. The highest BCUT2D eigenvalue weighted by atomic mass is 35.5. The minimum Gasteiger partial charge on any atom is -0.444 e. The Bertz CT molecular complexity index is 983. The summed E-state index contributed by atoms with van der Waals surface area (Å²) < 4.78 is 11.2. The first-order valence-electron chi connectivity index (χ1n) is 9.01. The fourth-order valence-corrected chi connectivity index (χ4v) is 3.02. The molecule has 0 fully saturated rings. The average molecular weight is 399 g/mol. The van der Waals surface area contributed by atoms with Crippen LogP contribution in [0, 0.1) is 0 Å². The number of nitrogens with one attached hydrogen (secondary N) is 1. The number of rotatable bonds is 5. The maximum absolute atomic E-state index is 12.1. The predicted octanol–water partition coefficient (Wildman–Crippen LogP) is 5.95. The van der Waals surface area contributed by atoms with Crippen molar-refractivity contribution >= 4 is 34.2 Å². The summed E-state index contributed by atoms with van der Waals surface area (Å²) in [5, 5.41) is 5.23. The first-order chi connectivity index (χ1) is 13.3. The largest absolute Gasteiger partial charge is 0.444 e. The number of anilines is 1. The molecule has 0 bridgehead atoms. The van der Waals surface area contributed by atoms with Gasteiger partial charge in [0, 0.05) is 11.6 Å². The number of benzene rings is 2. The van der Waals surface area contributed by atoms with E-state index in [2.05, 4.69) is 10.3 Å². The van der Waals surface area contributed by atoms with Gasteiger partial charge >= 0.3 is 6.09 Å². The molecule has 3 aromatic rings. The van der Waals surface area contributed by atoms with E-state index in [9.17, 15) is 4.79 Å². The van der Waals surface area contributed by atoms with Crippen LogP contribution in [-0.4, -0.2) is 16.7 Å². The molecule has 1 amide bonds. The molecule has 1 N–H and O–H groups in total. The van der Waals surface area contributed by atoms with Crippen LogP contribution in [0.2, 0.25) is 5.15 Å². The van der Waals surface area contributed by atoms with Gasteiger partial charge in [-0.15, -0.1) is 0 Å². The fraction of sp³-hybridized carbons (Fsp3) is 0.273. The summed E-state index contributed by atoms with van der Waals surface area (Å²) in [6, 6.07) is 15.4. The van der Waals surface area contributed by atoms with Gasteiger partial charge in [-0.3, -0.25) is 5.32 Å². The quantitative estimate of drug-likeness (QED) is 0.539. The van der Waals surface area contributed by atoms with Crippen LogP contribution < -0.4 is 5.32 Å². The third-order valence-electron chi connectivity index (χ3n) is 3.97. The first kappa shape index (κ1) is 20.1. The van der Waals surface area contributed by atoms with Gasteiger partial charge in [-0.2, -0.15) is 0 Å². The van der Waals surface area contributed by atoms with E-state index in [1.165, 1.54) is 0 Å². The smallest absolute Gasteiger partial charge is 0.412 e. The van der Waals surface area contributed by atoms with Gasteiger partial charge in [0.1, 0.15) is 10.8 Å². The Morgan fingerprint density at radius 3 is 2.54 bits per heavy atom. The highest BCUT2D eigenvalue weighted by Gasteiger charge is 2.17. The van der Waals surface area contributed by atoms with E-state index >= 15 is 0 Å². The molecule has 28 heavy (non-hydrogen) atoms. The van der Waals surface area contributed by atoms with E-state index in [0.29, 0.717) is 24.1 Å². The first-order valence-corrected chi connectivity index (χ1v) is 9.38. The predicted molar refractivity (Wildman–Crippen MR) is 112 cm³/mol. The maximum atomic E-state index is 12.1. The van der Waals surface area contributed by atoms with E-state index in [1.807, 2.05) is 63.2 Å². The molecule has 6 heteroatoms. The Balaban J connectivity index is 1.75. The van der Waals surface area contributed by atoms with Gasteiger partial charge in [0.05, 0.1) is 18.9 Å². The van der Waals surface area contributed by atoms with E-state index in [4.69, 9.17) is 21.1 Å². The van der Waals surface area contributed by atoms with Crippen LogP contribution in [0.1, 0.15) is 31.9 Å². The van der Waals surface area contributed by atoms with Crippen molar-refractivity contribution in [1.29, 1.82) is 0 Å². The van der Waals surface area contributed by atoms with Crippen molar-refractivity contribution in [3.05, 3.63) is 71.0 Å². The van der Waals surface area contributed by atoms with Crippen molar-refractivity contribution in [2.75, 3.05) is 5.32 Å². The molecule has 0 aliphatic heterocycles. The van der Waals surface area contributed by atoms with Gasteiger partial charge in [0.25, 0.3) is 0 Å². The molecule has 1 aromatic heterocycles. The zero-order valence-corrected chi connectivity index (χ0v) is 16.9. The second-order valence-electron chi connectivity index (χ2n) is 7.42. The van der Waals surface area contributed by atoms with Crippen molar-refractivity contribution in [2.24, 2.45) is 0 Å². The van der Waals surface area contributed by atoms with Crippen LogP contribution >= 0.6 is 11.6 Å². The summed E-state index contributed by atoms with van der Waals surface area (Å²) in [5.74, 6) is 0. The summed E-state index contributed by atoms with van der Waals surface area (Å²) in [6.45, 7) is 6.38. The van der Waals surface area contributed by atoms with E-state index in [1.54, 1.807) is 12.3 Å². The zero-order chi connectivity index (χ0) is 20.1. The van der Waals surface area contributed by atoms with Crippen molar-refractivity contribution in [3.8, 4) is 0 Å². The fourth-order valence-electron chi connectivity index (χ4n) is 2.82. The van der Waals surface area contributed by atoms with Gasteiger partial charge in [0.2, 0.25) is 0 Å². The third-order valence-corrected chi connectivity index (χ3v) is 4.17. The number of aromatic nitrogens is 1. The Morgan fingerprint density at radius 1 is 1.07 bits per heavy atom. The molecule has 0 unspecified atom stereocenters. The second-order valence-corrected chi connectivity index (χ2v) is 7.81. The topological polar surface area (TPSA) is 60.5 Å². The molecule has 3 rings (SSSR count). The number of hydrogen-bond donors (Lipinski definition) is 1. The van der Waals surface area contributed by atoms with Crippen LogP contribution in [0.15, 0.2) is 54.7 Å². The normalized spacial score (nSPS) is 11.4. The lowest BCUT2D eigenvalue weighted by Gasteiger charge is -2.20. The molecule has 5 nitrogen and oxygen atoms in total. The number of carbonyl (C=O) groups is 1. The minimum absolute atomic E-state index is 0.438. The molecule has 2 aromatic carbocycles. The molecule has 0 atom stereocenters. The number of ether oxygens (including phenoxy) is 2. The second kappa shape index (κ2) is 8.59. The summed E-state index contributed by atoms with van der Waals surface area (Å²) >= 11 is 5.91. The number of nitrogens with zero attached hydrogens (tertiary/aromatic N) is 1. The summed E-state index contributed by atoms with van der Waals surface area (Å²) in [6.07, 6.45) is 1.18. The molecule has 0 aliphatic rings. The Kier molecular flexibility index (Phi) is 6.17. The summed E-state index contributed by atoms with van der Waals surface area (Å²) in [7, 11) is 0. The van der Waals surface area contributed by atoms with Crippen molar-refractivity contribution < 1.29 is 14.3 Å². The number of pyridine rings is 1. The molecule has 0 aliphatic carbocycles. The molecule has 0 spiro atoms. The molecule has 0 saturated heterocycles. The van der Waals surface area contributed by atoms with Gasteiger partial charge in [0.15, 0.2) is 0 Å². The minimum atomic E-state index is -0.552. The highest BCUT2D eigenvalue weighted by Crippen LogP contribution is 2.28. The van der Waals surface area contributed by atoms with Gasteiger partial charge < -0.3 is 9.47 Å². The van der Waals surface area contributed by atoms with Crippen LogP contribution in [0.3, 0.4) is 0 Å². The Labute approximate surface area is 169 Å². The lowest BCUT2D eigenvalue weighted by molar-refractivity contribution is 0.0636. The van der Waals surface area contributed by atoms with Crippen LogP contribution in [-0.2, 0) is 22.7 Å². The van der Waals surface area contributed by atoms with Crippen LogP contribution in [0.4, 0.5) is 10.5 Å². The van der Waals surface area contributed by atoms with Crippen molar-refractivity contribution in [1.82, 2.24) is 4.98 Å². The molecular formula is C22H23ClN2O3. The molecular weight excluding hydrogens is 376 g/mol. The monoisotopic (exact) mass is 398 g/mol. The third kappa shape index (κ3) is 5.44. The lowest BCUT2D eigenvalue weighted by Crippen LogP contribution is -2.27. The highest BCUT2D eigenvalue weighted by molar-refractivity contribution is 6.29. The number of fused-ring (bicyclic) bond motifs is 1. The molecule has 146 valence electrons. The average Bonchev–Trinajstić information content (AvgIpc) is 2.62. The van der Waals surface area contributed by atoms with Crippen molar-refractivity contribution in [2.45, 2.75) is 39.6 Å². The van der Waals surface area contributed by atoms with E-state index < -0.39 is 11.7 Å². The summed E-state index contributed by atoms with van der Waals surface area (Å²) in [5.41, 5.74) is 2.15. The lowest BCUT2D eigenvalue weighted by atomic mass is 10.0. The number of carbonyl (C=O) groups excluding carboxylic acids is 1. The number of hydrogen-bond acceptors (Lipinski definition) is 4. The SMILES string of the molecule is CC(C)(C)OC(=O)Nc1ccc(COCc2ccnc(Cl)c2)c2ccccc12. The number of halogens is 1. The molecule has 1 heterocycles. The number of amides is 1.